The van der Waals surface area contributed by atoms with Crippen molar-refractivity contribution in [3.8, 4) is 33.5 Å². The number of rotatable bonds is 4. The standard InChI is InChI=1S/C36H30F7N/c1-33(2,3)30-19-31(44-20-29(30)22-8-14-26(15-9-22)36(41,42)43)28-17-11-24-18-23(10-16-27(24)32(28)34(4,5)37)21-6-12-25(13-7-21)35(38,39)40/h6-20H,1-5H3. The SMILES string of the molecule is CC(C)(C)c1cc(-c2ccc3cc(-c4ccc(C(F)(F)F)cc4)ccc3c2C(C)(C)F)ncc1-c1ccc(C(F)(F)F)cc1. The normalized spacial score (nSPS) is 13.0. The number of benzene rings is 4. The average molecular weight is 610 g/mol. The Bertz CT molecular complexity index is 1820. The lowest BCUT2D eigenvalue weighted by atomic mass is 9.80. The van der Waals surface area contributed by atoms with Gasteiger partial charge < -0.3 is 0 Å². The third-order valence-corrected chi connectivity index (χ3v) is 7.67. The number of alkyl halides is 7. The summed E-state index contributed by atoms with van der Waals surface area (Å²) in [5, 5.41) is 1.35. The number of halogens is 7. The summed E-state index contributed by atoms with van der Waals surface area (Å²) in [4.78, 5) is 4.66. The van der Waals surface area contributed by atoms with E-state index < -0.39 is 34.6 Å². The van der Waals surface area contributed by atoms with Gasteiger partial charge in [0.15, 0.2) is 0 Å². The van der Waals surface area contributed by atoms with Crippen molar-refractivity contribution in [3.63, 3.8) is 0 Å². The first-order valence-electron chi connectivity index (χ1n) is 14.0. The monoisotopic (exact) mass is 609 g/mol. The zero-order chi connectivity index (χ0) is 32.2. The van der Waals surface area contributed by atoms with Crippen LogP contribution in [0.4, 0.5) is 30.7 Å². The number of pyridine rings is 1. The Morgan fingerprint density at radius 1 is 0.523 bits per heavy atom. The van der Waals surface area contributed by atoms with E-state index in [2.05, 4.69) is 4.98 Å². The van der Waals surface area contributed by atoms with Crippen molar-refractivity contribution in [2.45, 2.75) is 58.1 Å². The molecular weight excluding hydrogens is 579 g/mol. The first kappa shape index (κ1) is 31.2. The number of nitrogens with zero attached hydrogens (tertiary/aromatic N) is 1. The van der Waals surface area contributed by atoms with Crippen molar-refractivity contribution >= 4 is 10.8 Å². The number of hydrogen-bond acceptors (Lipinski definition) is 1. The van der Waals surface area contributed by atoms with Crippen molar-refractivity contribution in [1.29, 1.82) is 0 Å². The van der Waals surface area contributed by atoms with Crippen LogP contribution in [0.5, 0.6) is 0 Å². The Morgan fingerprint density at radius 3 is 1.55 bits per heavy atom. The van der Waals surface area contributed by atoms with Crippen LogP contribution >= 0.6 is 0 Å². The second-order valence-electron chi connectivity index (χ2n) is 12.4. The van der Waals surface area contributed by atoms with Gasteiger partial charge in [0, 0.05) is 22.9 Å². The lowest BCUT2D eigenvalue weighted by Gasteiger charge is -2.26. The van der Waals surface area contributed by atoms with Gasteiger partial charge in [-0.3, -0.25) is 4.98 Å². The molecule has 0 N–H and O–H groups in total. The molecule has 5 rings (SSSR count). The van der Waals surface area contributed by atoms with Crippen molar-refractivity contribution in [2.75, 3.05) is 0 Å². The molecule has 0 spiro atoms. The molecule has 1 nitrogen and oxygen atoms in total. The molecule has 0 aliphatic carbocycles. The van der Waals surface area contributed by atoms with Crippen LogP contribution in [0.3, 0.4) is 0 Å². The van der Waals surface area contributed by atoms with Crippen molar-refractivity contribution in [3.05, 3.63) is 113 Å². The summed E-state index contributed by atoms with van der Waals surface area (Å²) in [6, 6.07) is 20.6. The van der Waals surface area contributed by atoms with E-state index in [0.717, 1.165) is 29.8 Å². The van der Waals surface area contributed by atoms with E-state index in [0.29, 0.717) is 49.8 Å². The fourth-order valence-electron chi connectivity index (χ4n) is 5.51. The van der Waals surface area contributed by atoms with Crippen LogP contribution in [-0.2, 0) is 23.4 Å². The smallest absolute Gasteiger partial charge is 0.256 e. The van der Waals surface area contributed by atoms with Crippen LogP contribution in [0.2, 0.25) is 0 Å². The van der Waals surface area contributed by atoms with Gasteiger partial charge in [-0.1, -0.05) is 69.3 Å². The molecular formula is C36H30F7N. The molecule has 4 aromatic carbocycles. The van der Waals surface area contributed by atoms with E-state index in [9.17, 15) is 26.3 Å². The maximum atomic E-state index is 16.0. The minimum Gasteiger partial charge on any atom is -0.256 e. The van der Waals surface area contributed by atoms with Crippen molar-refractivity contribution < 1.29 is 30.7 Å². The van der Waals surface area contributed by atoms with Gasteiger partial charge in [-0.2, -0.15) is 26.3 Å². The number of fused-ring (bicyclic) bond motifs is 1. The van der Waals surface area contributed by atoms with Crippen LogP contribution in [0.1, 0.15) is 56.9 Å². The summed E-state index contributed by atoms with van der Waals surface area (Å²) in [6.45, 7) is 8.88. The van der Waals surface area contributed by atoms with Gasteiger partial charge in [0.25, 0.3) is 0 Å². The Labute approximate surface area is 251 Å². The van der Waals surface area contributed by atoms with E-state index in [-0.39, 0.29) is 0 Å². The van der Waals surface area contributed by atoms with Crippen LogP contribution in [0.25, 0.3) is 44.3 Å². The highest BCUT2D eigenvalue weighted by Crippen LogP contribution is 2.43. The predicted molar refractivity (Wildman–Crippen MR) is 161 cm³/mol. The molecule has 0 bridgehead atoms. The predicted octanol–water partition coefficient (Wildman–Crippen LogP) is 11.8. The van der Waals surface area contributed by atoms with Crippen LogP contribution in [0, 0.1) is 0 Å². The van der Waals surface area contributed by atoms with Gasteiger partial charge in [-0.25, -0.2) is 4.39 Å². The minimum absolute atomic E-state index is 0.406. The minimum atomic E-state index is -4.45. The Kier molecular flexibility index (Phi) is 7.63. The highest BCUT2D eigenvalue weighted by molar-refractivity contribution is 5.95. The van der Waals surface area contributed by atoms with Crippen LogP contribution in [-0.4, -0.2) is 4.98 Å². The Balaban J connectivity index is 1.62. The second-order valence-corrected chi connectivity index (χ2v) is 12.4. The highest BCUT2D eigenvalue weighted by Gasteiger charge is 2.32. The topological polar surface area (TPSA) is 12.9 Å². The molecule has 228 valence electrons. The maximum Gasteiger partial charge on any atom is 0.416 e. The third kappa shape index (κ3) is 6.21. The number of hydrogen-bond donors (Lipinski definition) is 0. The van der Waals surface area contributed by atoms with Crippen LogP contribution in [0.15, 0.2) is 91.1 Å². The first-order chi connectivity index (χ1) is 20.3. The van der Waals surface area contributed by atoms with E-state index in [1.54, 1.807) is 24.4 Å². The molecule has 8 heteroatoms. The lowest BCUT2D eigenvalue weighted by molar-refractivity contribution is -0.138. The molecule has 0 amide bonds. The van der Waals surface area contributed by atoms with E-state index in [1.165, 1.54) is 38.1 Å². The largest absolute Gasteiger partial charge is 0.416 e. The summed E-state index contributed by atoms with van der Waals surface area (Å²) in [7, 11) is 0. The fraction of sp³-hybridized carbons (Fsp3) is 0.250. The molecule has 1 heterocycles. The lowest BCUT2D eigenvalue weighted by Crippen LogP contribution is -2.15. The average Bonchev–Trinajstić information content (AvgIpc) is 2.94. The Hall–Kier alpha value is -4.20. The van der Waals surface area contributed by atoms with Gasteiger partial charge in [-0.05, 0) is 88.7 Å². The fourth-order valence-corrected chi connectivity index (χ4v) is 5.51. The number of aromatic nitrogens is 1. The third-order valence-electron chi connectivity index (χ3n) is 7.67. The second kappa shape index (κ2) is 10.8. The molecule has 0 atom stereocenters. The molecule has 0 aliphatic heterocycles. The van der Waals surface area contributed by atoms with Gasteiger partial charge >= 0.3 is 12.4 Å². The molecule has 0 saturated carbocycles. The van der Waals surface area contributed by atoms with Gasteiger partial charge in [0.05, 0.1) is 16.8 Å². The van der Waals surface area contributed by atoms with E-state index in [1.807, 2.05) is 39.0 Å². The molecule has 0 aliphatic rings. The van der Waals surface area contributed by atoms with Crippen molar-refractivity contribution in [1.82, 2.24) is 4.98 Å². The van der Waals surface area contributed by atoms with Gasteiger partial charge in [0.1, 0.15) is 5.67 Å². The molecule has 0 fully saturated rings. The van der Waals surface area contributed by atoms with Crippen molar-refractivity contribution in [2.24, 2.45) is 0 Å². The van der Waals surface area contributed by atoms with Crippen LogP contribution < -0.4 is 0 Å². The van der Waals surface area contributed by atoms with Gasteiger partial charge in [-0.15, -0.1) is 0 Å². The highest BCUT2D eigenvalue weighted by atomic mass is 19.4. The summed E-state index contributed by atoms with van der Waals surface area (Å²) < 4.78 is 94.6. The van der Waals surface area contributed by atoms with E-state index in [4.69, 9.17) is 0 Å². The molecule has 0 unspecified atom stereocenters. The molecule has 1 aromatic heterocycles. The summed E-state index contributed by atoms with van der Waals surface area (Å²) in [6.07, 6.45) is -7.26. The summed E-state index contributed by atoms with van der Waals surface area (Å²) >= 11 is 0. The molecule has 44 heavy (non-hydrogen) atoms. The maximum absolute atomic E-state index is 16.0. The first-order valence-corrected chi connectivity index (χ1v) is 14.0. The zero-order valence-electron chi connectivity index (χ0n) is 24.8. The van der Waals surface area contributed by atoms with Gasteiger partial charge in [0.2, 0.25) is 0 Å². The molecule has 0 saturated heterocycles. The molecule has 0 radical (unpaired) electrons. The Morgan fingerprint density at radius 2 is 1.05 bits per heavy atom. The quantitative estimate of drug-likeness (QED) is 0.185. The summed E-state index contributed by atoms with van der Waals surface area (Å²) in [5.74, 6) is 0. The molecule has 5 aromatic rings. The summed E-state index contributed by atoms with van der Waals surface area (Å²) in [5.41, 5.74) is 1.18. The van der Waals surface area contributed by atoms with E-state index >= 15 is 4.39 Å². The zero-order valence-corrected chi connectivity index (χ0v) is 24.8.